The van der Waals surface area contributed by atoms with Crippen LogP contribution in [-0.4, -0.2) is 35.7 Å². The third-order valence-electron chi connectivity index (χ3n) is 4.25. The molecule has 1 heterocycles. The molecule has 21 heavy (non-hydrogen) atoms. The molecule has 0 saturated carbocycles. The van der Waals surface area contributed by atoms with Gasteiger partial charge in [0.2, 0.25) is 0 Å². The molecule has 1 aliphatic rings. The maximum Gasteiger partial charge on any atom is 0.339 e. The van der Waals surface area contributed by atoms with Crippen molar-refractivity contribution < 1.29 is 14.6 Å². The van der Waals surface area contributed by atoms with Crippen LogP contribution in [0.3, 0.4) is 0 Å². The first-order valence-electron chi connectivity index (χ1n) is 7.80. The third-order valence-corrected chi connectivity index (χ3v) is 4.25. The first kappa shape index (κ1) is 15.8. The molecular weight excluding hydrogens is 266 g/mol. The van der Waals surface area contributed by atoms with Crippen LogP contribution in [0.15, 0.2) is 18.2 Å². The van der Waals surface area contributed by atoms with Gasteiger partial charge in [-0.3, -0.25) is 4.90 Å². The summed E-state index contributed by atoms with van der Waals surface area (Å²) in [5, 5.41) is 9.13. The Morgan fingerprint density at radius 1 is 1.43 bits per heavy atom. The molecule has 0 radical (unpaired) electrons. The van der Waals surface area contributed by atoms with E-state index in [9.17, 15) is 4.79 Å². The van der Waals surface area contributed by atoms with E-state index in [4.69, 9.17) is 9.84 Å². The maximum absolute atomic E-state index is 11.1. The average Bonchev–Trinajstić information content (AvgIpc) is 2.49. The smallest absolute Gasteiger partial charge is 0.339 e. The number of benzene rings is 1. The fourth-order valence-electron chi connectivity index (χ4n) is 3.17. The highest BCUT2D eigenvalue weighted by molar-refractivity contribution is 5.90. The summed E-state index contributed by atoms with van der Waals surface area (Å²) in [4.78, 5) is 13.7. The van der Waals surface area contributed by atoms with E-state index < -0.39 is 5.97 Å². The van der Waals surface area contributed by atoms with Crippen LogP contribution in [0, 0.1) is 0 Å². The van der Waals surface area contributed by atoms with Crippen LogP contribution in [0.25, 0.3) is 0 Å². The minimum Gasteiger partial charge on any atom is -0.496 e. The Morgan fingerprint density at radius 3 is 2.90 bits per heavy atom. The lowest BCUT2D eigenvalue weighted by Crippen LogP contribution is -2.38. The Morgan fingerprint density at radius 2 is 2.24 bits per heavy atom. The van der Waals surface area contributed by atoms with Gasteiger partial charge in [-0.1, -0.05) is 25.8 Å². The summed E-state index contributed by atoms with van der Waals surface area (Å²) < 4.78 is 5.21. The van der Waals surface area contributed by atoms with Crippen molar-refractivity contribution >= 4 is 5.97 Å². The molecule has 0 aliphatic carbocycles. The molecule has 0 amide bonds. The molecule has 1 N–H and O–H groups in total. The van der Waals surface area contributed by atoms with Crippen molar-refractivity contribution in [1.29, 1.82) is 0 Å². The molecule has 1 aromatic rings. The summed E-state index contributed by atoms with van der Waals surface area (Å²) in [6.45, 7) is 4.24. The van der Waals surface area contributed by atoms with Gasteiger partial charge in [-0.2, -0.15) is 0 Å². The highest BCUT2D eigenvalue weighted by atomic mass is 16.5. The zero-order valence-electron chi connectivity index (χ0n) is 13.0. The number of nitrogens with zero attached hydrogens (tertiary/aromatic N) is 1. The van der Waals surface area contributed by atoms with Gasteiger partial charge >= 0.3 is 5.97 Å². The SMILES string of the molecule is CCCC1CCCCN1Cc1ccc(C(=O)O)c(OC)c1. The lowest BCUT2D eigenvalue weighted by atomic mass is 9.97. The van der Waals surface area contributed by atoms with Crippen molar-refractivity contribution in [1.82, 2.24) is 4.90 Å². The first-order valence-corrected chi connectivity index (χ1v) is 7.80. The molecule has 1 saturated heterocycles. The van der Waals surface area contributed by atoms with Gasteiger partial charge in [0.25, 0.3) is 0 Å². The molecule has 4 nitrogen and oxygen atoms in total. The second-order valence-corrected chi connectivity index (χ2v) is 5.75. The number of rotatable bonds is 6. The summed E-state index contributed by atoms with van der Waals surface area (Å²) in [5.74, 6) is -0.496. The van der Waals surface area contributed by atoms with Gasteiger partial charge in [0.05, 0.1) is 7.11 Å². The van der Waals surface area contributed by atoms with Crippen molar-refractivity contribution in [3.8, 4) is 5.75 Å². The van der Waals surface area contributed by atoms with Gasteiger partial charge in [0.1, 0.15) is 11.3 Å². The molecule has 1 aliphatic heterocycles. The fourth-order valence-corrected chi connectivity index (χ4v) is 3.17. The number of carboxylic acids is 1. The number of aromatic carboxylic acids is 1. The van der Waals surface area contributed by atoms with Crippen LogP contribution in [0.5, 0.6) is 5.75 Å². The van der Waals surface area contributed by atoms with E-state index in [1.54, 1.807) is 6.07 Å². The van der Waals surface area contributed by atoms with Gasteiger partial charge in [0, 0.05) is 12.6 Å². The number of hydrogen-bond donors (Lipinski definition) is 1. The lowest BCUT2D eigenvalue weighted by molar-refractivity contribution is 0.0693. The molecule has 4 heteroatoms. The molecular formula is C17H25NO3. The Balaban J connectivity index is 2.12. The number of carboxylic acid groups (broad SMARTS) is 1. The molecule has 0 spiro atoms. The van der Waals surface area contributed by atoms with Crippen molar-refractivity contribution in [2.45, 2.75) is 51.6 Å². The van der Waals surface area contributed by atoms with E-state index in [0.29, 0.717) is 11.8 Å². The lowest BCUT2D eigenvalue weighted by Gasteiger charge is -2.35. The van der Waals surface area contributed by atoms with Crippen LogP contribution in [-0.2, 0) is 6.54 Å². The van der Waals surface area contributed by atoms with Crippen molar-refractivity contribution in [2.75, 3.05) is 13.7 Å². The Hall–Kier alpha value is -1.55. The first-order chi connectivity index (χ1) is 10.2. The Kier molecular flexibility index (Phi) is 5.62. The minimum atomic E-state index is -0.944. The van der Waals surface area contributed by atoms with E-state index in [2.05, 4.69) is 11.8 Å². The zero-order valence-corrected chi connectivity index (χ0v) is 13.0. The number of likely N-dealkylation sites (tertiary alicyclic amines) is 1. The van der Waals surface area contributed by atoms with Gasteiger partial charge in [0.15, 0.2) is 0 Å². The number of hydrogen-bond acceptors (Lipinski definition) is 3. The van der Waals surface area contributed by atoms with Crippen LogP contribution < -0.4 is 4.74 Å². The Labute approximate surface area is 126 Å². The third kappa shape index (κ3) is 3.97. The quantitative estimate of drug-likeness (QED) is 0.871. The molecule has 2 rings (SSSR count). The highest BCUT2D eigenvalue weighted by Gasteiger charge is 2.22. The molecule has 1 fully saturated rings. The summed E-state index contributed by atoms with van der Waals surface area (Å²) in [5.41, 5.74) is 1.35. The van der Waals surface area contributed by atoms with Crippen molar-refractivity contribution in [3.05, 3.63) is 29.3 Å². The number of piperidine rings is 1. The van der Waals surface area contributed by atoms with E-state index in [-0.39, 0.29) is 5.56 Å². The normalized spacial score (nSPS) is 19.4. The zero-order chi connectivity index (χ0) is 15.2. The van der Waals surface area contributed by atoms with E-state index in [0.717, 1.165) is 18.7 Å². The number of carbonyl (C=O) groups is 1. The topological polar surface area (TPSA) is 49.8 Å². The minimum absolute atomic E-state index is 0.227. The predicted molar refractivity (Wildman–Crippen MR) is 82.9 cm³/mol. The van der Waals surface area contributed by atoms with Crippen LogP contribution in [0.1, 0.15) is 54.9 Å². The van der Waals surface area contributed by atoms with E-state index in [1.807, 2.05) is 12.1 Å². The highest BCUT2D eigenvalue weighted by Crippen LogP contribution is 2.25. The van der Waals surface area contributed by atoms with Crippen molar-refractivity contribution in [3.63, 3.8) is 0 Å². The van der Waals surface area contributed by atoms with Gasteiger partial charge in [-0.05, 0) is 43.5 Å². The standard InChI is InChI=1S/C17H25NO3/c1-3-6-14-7-4-5-10-18(14)12-13-8-9-15(17(19)20)16(11-13)21-2/h8-9,11,14H,3-7,10,12H2,1-2H3,(H,19,20). The molecule has 1 unspecified atom stereocenters. The molecule has 1 aromatic carbocycles. The number of ether oxygens (including phenoxy) is 1. The maximum atomic E-state index is 11.1. The average molecular weight is 291 g/mol. The van der Waals surface area contributed by atoms with Gasteiger partial charge < -0.3 is 9.84 Å². The number of methoxy groups -OCH3 is 1. The van der Waals surface area contributed by atoms with Crippen LogP contribution >= 0.6 is 0 Å². The Bertz CT molecular complexity index is 485. The molecule has 1 atom stereocenters. The fraction of sp³-hybridized carbons (Fsp3) is 0.588. The second-order valence-electron chi connectivity index (χ2n) is 5.75. The second kappa shape index (κ2) is 7.46. The van der Waals surface area contributed by atoms with E-state index in [1.165, 1.54) is 39.2 Å². The summed E-state index contributed by atoms with van der Waals surface area (Å²) in [7, 11) is 1.52. The summed E-state index contributed by atoms with van der Waals surface area (Å²) in [6.07, 6.45) is 6.30. The van der Waals surface area contributed by atoms with Crippen LogP contribution in [0.4, 0.5) is 0 Å². The van der Waals surface area contributed by atoms with Gasteiger partial charge in [-0.25, -0.2) is 4.79 Å². The summed E-state index contributed by atoms with van der Waals surface area (Å²) >= 11 is 0. The van der Waals surface area contributed by atoms with E-state index >= 15 is 0 Å². The van der Waals surface area contributed by atoms with Gasteiger partial charge in [-0.15, -0.1) is 0 Å². The predicted octanol–water partition coefficient (Wildman–Crippen LogP) is 3.55. The molecule has 0 aromatic heterocycles. The van der Waals surface area contributed by atoms with Crippen molar-refractivity contribution in [2.24, 2.45) is 0 Å². The largest absolute Gasteiger partial charge is 0.496 e. The monoisotopic (exact) mass is 291 g/mol. The molecule has 0 bridgehead atoms. The van der Waals surface area contributed by atoms with Crippen LogP contribution in [0.2, 0.25) is 0 Å². The molecule has 116 valence electrons. The summed E-state index contributed by atoms with van der Waals surface area (Å²) in [6, 6.07) is 6.08.